The molecule has 1 aliphatic heterocycles. The molecule has 4 atom stereocenters. The number of aliphatic hydroxyl groups excluding tert-OH is 1. The molecule has 0 spiro atoms. The number of carbonyl (C=O) groups excluding carboxylic acids is 4. The van der Waals surface area contributed by atoms with Crippen molar-refractivity contribution >= 4 is 52.3 Å². The predicted molar refractivity (Wildman–Crippen MR) is 275 cm³/mol. The zero-order valence-corrected chi connectivity index (χ0v) is 43.1. The summed E-state index contributed by atoms with van der Waals surface area (Å²) in [4.78, 5) is 66.0. The molecule has 1 aliphatic carbocycles. The second-order valence-electron chi connectivity index (χ2n) is 20.6. The Morgan fingerprint density at radius 3 is 2.36 bits per heavy atom. The average molecular weight is 995 g/mol. The van der Waals surface area contributed by atoms with Crippen LogP contribution in [0.15, 0.2) is 72.2 Å². The van der Waals surface area contributed by atoms with Crippen molar-refractivity contribution in [3.05, 3.63) is 111 Å². The van der Waals surface area contributed by atoms with Crippen LogP contribution in [-0.4, -0.2) is 101 Å². The normalized spacial score (nSPS) is 20.7. The topological polar surface area (TPSA) is 155 Å². The van der Waals surface area contributed by atoms with Gasteiger partial charge in [-0.3, -0.25) is 19.2 Å². The first-order valence-electron chi connectivity index (χ1n) is 25.2. The van der Waals surface area contributed by atoms with Crippen molar-refractivity contribution in [2.75, 3.05) is 26.7 Å². The monoisotopic (exact) mass is 993 g/mol. The van der Waals surface area contributed by atoms with Crippen LogP contribution in [0, 0.1) is 41.6 Å². The molecule has 4 aromatic rings. The van der Waals surface area contributed by atoms with Gasteiger partial charge in [0, 0.05) is 65.1 Å². The van der Waals surface area contributed by atoms with Gasteiger partial charge in [-0.1, -0.05) is 109 Å². The van der Waals surface area contributed by atoms with E-state index in [0.29, 0.717) is 36.4 Å². The molecule has 70 heavy (non-hydrogen) atoms. The van der Waals surface area contributed by atoms with Crippen molar-refractivity contribution in [3.63, 3.8) is 0 Å². The number of benzene rings is 3. The van der Waals surface area contributed by atoms with Gasteiger partial charge in [0.2, 0.25) is 23.4 Å². The molecule has 2 fully saturated rings. The molecule has 1 aromatic heterocycles. The molecule has 3 N–H and O–H groups in total. The average Bonchev–Trinajstić information content (AvgIpc) is 3.95. The second kappa shape index (κ2) is 22.5. The number of unbranched alkanes of at least 4 members (excludes halogenated alkanes) is 3. The van der Waals surface area contributed by atoms with Crippen LogP contribution in [0.25, 0.3) is 15.3 Å². The van der Waals surface area contributed by atoms with E-state index in [-0.39, 0.29) is 42.1 Å². The molecule has 372 valence electrons. The highest BCUT2D eigenvalue weighted by Crippen LogP contribution is 2.58. The van der Waals surface area contributed by atoms with Crippen molar-refractivity contribution in [1.29, 1.82) is 0 Å². The maximum absolute atomic E-state index is 14.1. The van der Waals surface area contributed by atoms with Gasteiger partial charge in [-0.05, 0) is 79.6 Å². The smallest absolute Gasteiger partial charge is 0.253 e. The highest BCUT2D eigenvalue weighted by atomic mass is 35.5. The minimum Gasteiger partial charge on any atom is -0.489 e. The van der Waals surface area contributed by atoms with E-state index in [4.69, 9.17) is 31.8 Å². The lowest BCUT2D eigenvalue weighted by Gasteiger charge is -2.65. The van der Waals surface area contributed by atoms with Gasteiger partial charge in [0.15, 0.2) is 0 Å². The number of ether oxygens (including phenoxy) is 2. The van der Waals surface area contributed by atoms with E-state index in [9.17, 15) is 24.3 Å². The first-order chi connectivity index (χ1) is 34.2. The molecule has 2 heterocycles. The van der Waals surface area contributed by atoms with Crippen molar-refractivity contribution in [2.45, 2.75) is 131 Å². The summed E-state index contributed by atoms with van der Waals surface area (Å²) in [5.41, 5.74) is 3.63. The van der Waals surface area contributed by atoms with Gasteiger partial charge in [0.25, 0.3) is 5.91 Å². The number of hydrogen-bond donors (Lipinski definition) is 3. The van der Waals surface area contributed by atoms with Crippen molar-refractivity contribution in [2.24, 2.45) is 16.2 Å². The van der Waals surface area contributed by atoms with Crippen molar-refractivity contribution in [1.82, 2.24) is 25.4 Å². The Balaban J connectivity index is 0.933. The third-order valence-electron chi connectivity index (χ3n) is 13.3. The number of β-amino-alcohol motifs (C(OH)–C–C–N with tert-alkyl or cyclic N) is 1. The molecule has 0 radical (unpaired) electrons. The molecule has 0 bridgehead atoms. The highest BCUT2D eigenvalue weighted by Gasteiger charge is 2.65. The summed E-state index contributed by atoms with van der Waals surface area (Å²) in [5.74, 6) is 4.79. The SMILES string of the molecule is [2H]C([2H])([2H])N(C(=O)c1ccc(C#CCCCCCOCC(=O)N[C@H](C(=O)N2C[C@H](O)C[C@H]2C(=O)N[C@@H](C)c2ccc(-c3scnc3C)cc2)C(C)(C)C)cc1)C1C(C)(C)C(Oc2ccc([N+]#[C-])c(Cl)c2)C1(C)C. The second-order valence-corrected chi connectivity index (χ2v) is 21.8. The summed E-state index contributed by atoms with van der Waals surface area (Å²) in [6.45, 7) is 21.4. The minimum atomic E-state index is -2.74. The lowest BCUT2D eigenvalue weighted by Crippen LogP contribution is -2.74. The Hall–Kier alpha value is -5.77. The van der Waals surface area contributed by atoms with Gasteiger partial charge < -0.3 is 35.0 Å². The Morgan fingerprint density at radius 1 is 1.04 bits per heavy atom. The van der Waals surface area contributed by atoms with Crippen molar-refractivity contribution in [3.8, 4) is 28.0 Å². The van der Waals surface area contributed by atoms with E-state index in [1.807, 2.05) is 92.1 Å². The Bertz CT molecular complexity index is 2720. The fourth-order valence-corrected chi connectivity index (χ4v) is 11.0. The van der Waals surface area contributed by atoms with Gasteiger partial charge in [-0.2, -0.15) is 0 Å². The number of aromatic nitrogens is 1. The molecule has 13 nitrogen and oxygen atoms in total. The highest BCUT2D eigenvalue weighted by molar-refractivity contribution is 7.13. The fraction of sp³-hybridized carbons (Fsp3) is 0.491. The molecule has 6 rings (SSSR count). The van der Waals surface area contributed by atoms with E-state index in [1.54, 1.807) is 53.8 Å². The van der Waals surface area contributed by atoms with Crippen LogP contribution in [0.5, 0.6) is 5.75 Å². The van der Waals surface area contributed by atoms with Gasteiger partial charge in [-0.15, -0.1) is 11.3 Å². The molecule has 2 aliphatic rings. The summed E-state index contributed by atoms with van der Waals surface area (Å²) in [6, 6.07) is 16.3. The van der Waals surface area contributed by atoms with Crippen molar-refractivity contribution < 1.29 is 37.9 Å². The van der Waals surface area contributed by atoms with E-state index in [1.165, 1.54) is 4.90 Å². The lowest BCUT2D eigenvalue weighted by molar-refractivity contribution is -0.195. The van der Waals surface area contributed by atoms with Gasteiger partial charge in [0.1, 0.15) is 30.5 Å². The quantitative estimate of drug-likeness (QED) is 0.0537. The van der Waals surface area contributed by atoms with Crippen LogP contribution in [0.3, 0.4) is 0 Å². The first-order valence-corrected chi connectivity index (χ1v) is 24.9. The Kier molecular flexibility index (Phi) is 15.8. The Labute approximate surface area is 426 Å². The van der Waals surface area contributed by atoms with E-state index >= 15 is 0 Å². The predicted octanol–water partition coefficient (Wildman–Crippen LogP) is 9.58. The summed E-state index contributed by atoms with van der Waals surface area (Å²) in [7, 11) is 0. The van der Waals surface area contributed by atoms with E-state index in [0.717, 1.165) is 39.4 Å². The number of aryl methyl sites for hydroxylation is 1. The maximum atomic E-state index is 14.1. The van der Waals surface area contributed by atoms with Crippen LogP contribution < -0.4 is 15.4 Å². The molecule has 4 amide bonds. The number of hydrogen-bond acceptors (Lipinski definition) is 9. The number of amides is 4. The molecular weight excluding hydrogens is 924 g/mol. The number of likely N-dealkylation sites (tertiary alicyclic amines) is 1. The molecule has 3 aromatic carbocycles. The maximum Gasteiger partial charge on any atom is 0.253 e. The number of nitrogens with zero attached hydrogens (tertiary/aromatic N) is 4. The summed E-state index contributed by atoms with van der Waals surface area (Å²) >= 11 is 7.82. The van der Waals surface area contributed by atoms with Gasteiger partial charge >= 0.3 is 0 Å². The molecule has 1 saturated carbocycles. The summed E-state index contributed by atoms with van der Waals surface area (Å²) < 4.78 is 37.3. The molecule has 1 saturated heterocycles. The van der Waals surface area contributed by atoms with Crippen LogP contribution >= 0.6 is 22.9 Å². The number of rotatable bonds is 17. The first kappa shape index (κ1) is 49.2. The Morgan fingerprint density at radius 2 is 1.74 bits per heavy atom. The molecule has 15 heteroatoms. The van der Waals surface area contributed by atoms with E-state index in [2.05, 4.69) is 32.3 Å². The standard InChI is InChI=1S/C55H67ClN6O7S/c1-34(37-22-24-38(25-23-37)46-35(2)58-33-70-46)59-48(65)44-29-40(63)31-62(44)50(67)47(53(3,4)5)60-45(64)32-68-28-16-14-12-13-15-17-36-18-20-39(21-19-36)49(66)61(11)51-54(6,7)52(55(51,8)9)69-41-26-27-43(57-10)42(56)30-41/h18-27,30,33-34,40,44,47,51-52,63H,12-14,16,28-29,31-32H2,1-9,11H3,(H,59,65)(H,60,64)/t34-,40+,44-,47+,51?,52?/m0/s1/i11D3. The number of nitrogens with one attached hydrogen (secondary N) is 2. The molecule has 0 unspecified atom stereocenters. The lowest BCUT2D eigenvalue weighted by atomic mass is 9.49. The summed E-state index contributed by atoms with van der Waals surface area (Å²) in [6.07, 6.45) is 1.55. The van der Waals surface area contributed by atoms with Gasteiger partial charge in [-0.25, -0.2) is 9.83 Å². The zero-order valence-electron chi connectivity index (χ0n) is 44.5. The van der Waals surface area contributed by atoms with Crippen LogP contribution in [-0.2, 0) is 19.1 Å². The number of halogens is 1. The minimum absolute atomic E-state index is 0.0319. The van der Waals surface area contributed by atoms with E-state index < -0.39 is 71.3 Å². The zero-order chi connectivity index (χ0) is 53.6. The number of aliphatic hydroxyl groups is 1. The number of thiazole rings is 1. The van der Waals surface area contributed by atoms with Crippen LogP contribution in [0.4, 0.5) is 5.69 Å². The fourth-order valence-electron chi connectivity index (χ4n) is 9.96. The van der Waals surface area contributed by atoms with Crippen LogP contribution in [0.1, 0.15) is 125 Å². The largest absolute Gasteiger partial charge is 0.489 e. The summed E-state index contributed by atoms with van der Waals surface area (Å²) in [5, 5.41) is 16.7. The van der Waals surface area contributed by atoms with Crippen LogP contribution in [0.2, 0.25) is 5.02 Å². The third kappa shape index (κ3) is 12.4. The molecular formula is C55H67ClN6O7S. The van der Waals surface area contributed by atoms with Gasteiger partial charge in [0.05, 0.1) is 39.8 Å². The third-order valence-corrected chi connectivity index (χ3v) is 14.6. The number of carbonyl (C=O) groups is 4.